The van der Waals surface area contributed by atoms with E-state index in [9.17, 15) is 18.5 Å². The number of nitrogens with one attached hydrogen (secondary N) is 1. The van der Waals surface area contributed by atoms with E-state index in [1.54, 1.807) is 19.2 Å². The third kappa shape index (κ3) is 6.06. The van der Waals surface area contributed by atoms with Gasteiger partial charge in [-0.25, -0.2) is 13.2 Å². The van der Waals surface area contributed by atoms with E-state index in [0.29, 0.717) is 5.92 Å². The Morgan fingerprint density at radius 3 is 2.38 bits per heavy atom. The van der Waals surface area contributed by atoms with Crippen LogP contribution >= 0.6 is 0 Å². The van der Waals surface area contributed by atoms with Crippen molar-refractivity contribution in [3.63, 3.8) is 0 Å². The van der Waals surface area contributed by atoms with Gasteiger partial charge >= 0.3 is 6.09 Å². The number of likely N-dealkylation sites (tertiary alicyclic amines) is 1. The third-order valence-electron chi connectivity index (χ3n) is 10.2. The molecule has 0 spiro atoms. The zero-order chi connectivity index (χ0) is 31.6. The first-order chi connectivity index (χ1) is 21.7. The summed E-state index contributed by atoms with van der Waals surface area (Å²) in [5.41, 5.74) is 1.42. The zero-order valence-electron chi connectivity index (χ0n) is 26.0. The number of alkyl carbamates (subject to hydrolysis) is 1. The SMILES string of the molecule is COC(=O)NC1CCCC1C(C#N)(c1ccccc1)C1CCN(CC2CN(c3ccc(S(=O)(=O)c4cnn(C)c4)cc3)C2)CC1. The summed E-state index contributed by atoms with van der Waals surface area (Å²) in [4.78, 5) is 17.5. The molecule has 238 valence electrons. The van der Waals surface area contributed by atoms with Crippen molar-refractivity contribution in [2.75, 3.05) is 44.7 Å². The van der Waals surface area contributed by atoms with Crippen LogP contribution < -0.4 is 10.2 Å². The van der Waals surface area contributed by atoms with Gasteiger partial charge in [0.2, 0.25) is 9.84 Å². The number of rotatable bonds is 9. The van der Waals surface area contributed by atoms with Crippen molar-refractivity contribution in [1.29, 1.82) is 5.26 Å². The van der Waals surface area contributed by atoms with Crippen molar-refractivity contribution in [2.24, 2.45) is 24.8 Å². The van der Waals surface area contributed by atoms with Gasteiger partial charge in [0.15, 0.2) is 0 Å². The van der Waals surface area contributed by atoms with Gasteiger partial charge in [0, 0.05) is 56.4 Å². The highest BCUT2D eigenvalue weighted by atomic mass is 32.2. The molecule has 0 radical (unpaired) electrons. The van der Waals surface area contributed by atoms with E-state index < -0.39 is 21.3 Å². The molecule has 45 heavy (non-hydrogen) atoms. The normalized spacial score (nSPS) is 22.7. The molecular weight excluding hydrogens is 588 g/mol. The first-order valence-corrected chi connectivity index (χ1v) is 17.3. The first-order valence-electron chi connectivity index (χ1n) is 15.9. The second-order valence-electron chi connectivity index (χ2n) is 12.8. The number of amides is 1. The molecule has 3 unspecified atom stereocenters. The van der Waals surface area contributed by atoms with E-state index >= 15 is 0 Å². The van der Waals surface area contributed by atoms with Gasteiger partial charge < -0.3 is 19.9 Å². The second-order valence-corrected chi connectivity index (χ2v) is 14.8. The third-order valence-corrected chi connectivity index (χ3v) is 12.0. The van der Waals surface area contributed by atoms with Crippen LogP contribution in [-0.4, -0.2) is 75.1 Å². The maximum Gasteiger partial charge on any atom is 0.407 e. The lowest BCUT2D eigenvalue weighted by atomic mass is 9.59. The summed E-state index contributed by atoms with van der Waals surface area (Å²) in [5.74, 6) is 0.774. The predicted molar refractivity (Wildman–Crippen MR) is 170 cm³/mol. The molecule has 0 bridgehead atoms. The minimum absolute atomic E-state index is 0.0338. The number of piperidine rings is 1. The van der Waals surface area contributed by atoms with Gasteiger partial charge in [-0.2, -0.15) is 10.4 Å². The van der Waals surface area contributed by atoms with Gasteiger partial charge in [0.1, 0.15) is 4.90 Å². The Morgan fingerprint density at radius 1 is 1.04 bits per heavy atom. The molecule has 3 aromatic rings. The summed E-state index contributed by atoms with van der Waals surface area (Å²) < 4.78 is 32.2. The molecule has 6 rings (SSSR count). The molecule has 3 atom stereocenters. The Labute approximate surface area is 265 Å². The molecule has 2 saturated heterocycles. The van der Waals surface area contributed by atoms with Crippen LogP contribution in [-0.2, 0) is 27.0 Å². The van der Waals surface area contributed by atoms with Crippen LogP contribution in [0.25, 0.3) is 0 Å². The maximum atomic E-state index is 12.9. The van der Waals surface area contributed by atoms with E-state index in [-0.39, 0.29) is 27.7 Å². The predicted octanol–water partition coefficient (Wildman–Crippen LogP) is 4.39. The summed E-state index contributed by atoms with van der Waals surface area (Å²) in [6, 6.07) is 20.1. The van der Waals surface area contributed by atoms with Crippen LogP contribution in [0.3, 0.4) is 0 Å². The molecule has 10 nitrogen and oxygen atoms in total. The van der Waals surface area contributed by atoms with Crippen molar-refractivity contribution in [2.45, 2.75) is 53.4 Å². The van der Waals surface area contributed by atoms with E-state index in [1.807, 2.05) is 30.3 Å². The highest BCUT2D eigenvalue weighted by Crippen LogP contribution is 2.50. The lowest BCUT2D eigenvalue weighted by Gasteiger charge is -2.48. The molecule has 3 fully saturated rings. The highest BCUT2D eigenvalue weighted by molar-refractivity contribution is 7.91. The van der Waals surface area contributed by atoms with E-state index in [4.69, 9.17) is 4.74 Å². The quantitative estimate of drug-likeness (QED) is 0.370. The van der Waals surface area contributed by atoms with E-state index in [0.717, 1.165) is 76.1 Å². The second kappa shape index (κ2) is 12.9. The minimum Gasteiger partial charge on any atom is -0.453 e. The number of ether oxygens (including phenoxy) is 1. The summed E-state index contributed by atoms with van der Waals surface area (Å²) in [6.07, 6.45) is 7.09. The molecule has 1 saturated carbocycles. The average molecular weight is 631 g/mol. The number of carbonyl (C=O) groups is 1. The molecule has 1 amide bonds. The highest BCUT2D eigenvalue weighted by Gasteiger charge is 2.52. The number of nitrogens with zero attached hydrogens (tertiary/aromatic N) is 5. The number of methoxy groups -OCH3 is 1. The number of hydrogen-bond acceptors (Lipinski definition) is 8. The van der Waals surface area contributed by atoms with Gasteiger partial charge in [0.05, 0.1) is 29.7 Å². The molecule has 1 aromatic heterocycles. The Balaban J connectivity index is 1.07. The number of carbonyl (C=O) groups excluding carboxylic acids is 1. The number of hydrogen-bond donors (Lipinski definition) is 1. The van der Waals surface area contributed by atoms with E-state index in [2.05, 4.69) is 38.4 Å². The number of anilines is 1. The van der Waals surface area contributed by atoms with Crippen molar-refractivity contribution in [1.82, 2.24) is 20.0 Å². The smallest absolute Gasteiger partial charge is 0.407 e. The molecule has 2 aliphatic heterocycles. The van der Waals surface area contributed by atoms with Crippen molar-refractivity contribution >= 4 is 21.6 Å². The number of aryl methyl sites for hydroxylation is 1. The fourth-order valence-electron chi connectivity index (χ4n) is 7.94. The Morgan fingerprint density at radius 2 is 1.76 bits per heavy atom. The van der Waals surface area contributed by atoms with Crippen molar-refractivity contribution in [3.05, 3.63) is 72.6 Å². The van der Waals surface area contributed by atoms with Gasteiger partial charge in [-0.1, -0.05) is 36.8 Å². The van der Waals surface area contributed by atoms with E-state index in [1.165, 1.54) is 24.2 Å². The first kappa shape index (κ1) is 31.1. The number of sulfone groups is 1. The van der Waals surface area contributed by atoms with Crippen LogP contribution in [0.4, 0.5) is 10.5 Å². The summed E-state index contributed by atoms with van der Waals surface area (Å²) in [7, 11) is -0.494. The Hall–Kier alpha value is -3.88. The van der Waals surface area contributed by atoms with Gasteiger partial charge in [0.25, 0.3) is 0 Å². The number of aromatic nitrogens is 2. The van der Waals surface area contributed by atoms with Crippen LogP contribution in [0.1, 0.15) is 37.7 Å². The summed E-state index contributed by atoms with van der Waals surface area (Å²) in [5, 5.41) is 18.0. The molecule has 2 aromatic carbocycles. The average Bonchev–Trinajstić information content (AvgIpc) is 3.70. The molecule has 1 N–H and O–H groups in total. The van der Waals surface area contributed by atoms with Crippen LogP contribution in [0.5, 0.6) is 0 Å². The standard InChI is InChI=1S/C34H42N6O4S/c1-38-23-30(19-36-38)45(42,43)29-13-11-28(12-14-29)40-21-25(22-40)20-39-17-15-27(16-18-39)34(24-35,26-7-4-3-5-8-26)31-9-6-10-32(31)37-33(41)44-2/h3-5,7-8,11-14,19,23,25,27,31-32H,6,9-10,15-18,20-22H2,1-2H3,(H,37,41). The van der Waals surface area contributed by atoms with Crippen LogP contribution in [0.15, 0.2) is 76.8 Å². The fraction of sp³-hybridized carbons (Fsp3) is 0.500. The molecule has 11 heteroatoms. The molecular formula is C34H42N6O4S. The maximum absolute atomic E-state index is 12.9. The topological polar surface area (TPSA) is 121 Å². The largest absolute Gasteiger partial charge is 0.453 e. The Bertz CT molecular complexity index is 1620. The lowest BCUT2D eigenvalue weighted by molar-refractivity contribution is 0.0939. The summed E-state index contributed by atoms with van der Waals surface area (Å²) >= 11 is 0. The summed E-state index contributed by atoms with van der Waals surface area (Å²) in [6.45, 7) is 4.77. The minimum atomic E-state index is -3.58. The number of nitriles is 1. The lowest BCUT2D eigenvalue weighted by Crippen LogP contribution is -2.55. The van der Waals surface area contributed by atoms with Crippen LogP contribution in [0, 0.1) is 29.1 Å². The van der Waals surface area contributed by atoms with Crippen molar-refractivity contribution in [3.8, 4) is 6.07 Å². The van der Waals surface area contributed by atoms with Crippen molar-refractivity contribution < 1.29 is 17.9 Å². The van der Waals surface area contributed by atoms with Crippen LogP contribution in [0.2, 0.25) is 0 Å². The zero-order valence-corrected chi connectivity index (χ0v) is 26.8. The van der Waals surface area contributed by atoms with Gasteiger partial charge in [-0.05, 0) is 74.5 Å². The van der Waals surface area contributed by atoms with Gasteiger partial charge in [-0.15, -0.1) is 0 Å². The monoisotopic (exact) mass is 630 g/mol. The van der Waals surface area contributed by atoms with Gasteiger partial charge in [-0.3, -0.25) is 4.68 Å². The molecule has 3 aliphatic rings. The molecule has 1 aliphatic carbocycles. The molecule has 3 heterocycles. The fourth-order valence-corrected chi connectivity index (χ4v) is 9.18. The number of benzene rings is 2. The Kier molecular flexibility index (Phi) is 8.89.